The molecule has 0 N–H and O–H groups in total. The molecule has 1 aliphatic heterocycles. The Kier molecular flexibility index (Phi) is 6.76. The molecule has 148 valence electrons. The first-order chi connectivity index (χ1) is 13.2. The maximum absolute atomic E-state index is 12.7. The van der Waals surface area contributed by atoms with E-state index in [0.29, 0.717) is 17.8 Å². The molecule has 4 rings (SSSR count). The van der Waals surface area contributed by atoms with Gasteiger partial charge in [-0.05, 0) is 38.9 Å². The Morgan fingerprint density at radius 1 is 1.04 bits per heavy atom. The van der Waals surface area contributed by atoms with Crippen molar-refractivity contribution in [1.29, 1.82) is 0 Å². The van der Waals surface area contributed by atoms with Gasteiger partial charge in [0, 0.05) is 23.1 Å². The van der Waals surface area contributed by atoms with Crippen molar-refractivity contribution in [3.8, 4) is 11.3 Å². The number of carbonyl (C=O) groups is 1. The normalized spacial score (nSPS) is 14.6. The first-order valence-corrected chi connectivity index (χ1v) is 9.71. The van der Waals surface area contributed by atoms with E-state index in [0.717, 1.165) is 41.9 Å². The quantitative estimate of drug-likeness (QED) is 0.533. The van der Waals surface area contributed by atoms with Gasteiger partial charge >= 0.3 is 5.97 Å². The lowest BCUT2D eigenvalue weighted by molar-refractivity contribution is 0.0453. The van der Waals surface area contributed by atoms with E-state index >= 15 is 0 Å². The summed E-state index contributed by atoms with van der Waals surface area (Å²) < 4.78 is 11.7. The zero-order chi connectivity index (χ0) is 18.6. The van der Waals surface area contributed by atoms with Crippen LogP contribution in [0, 0.1) is 6.92 Å². The van der Waals surface area contributed by atoms with Crippen molar-refractivity contribution in [2.45, 2.75) is 26.2 Å². The van der Waals surface area contributed by atoms with Gasteiger partial charge in [-0.3, -0.25) is 4.90 Å². The molecule has 28 heavy (non-hydrogen) atoms. The molecule has 0 bridgehead atoms. The molecule has 0 amide bonds. The molecule has 1 saturated heterocycles. The summed E-state index contributed by atoms with van der Waals surface area (Å²) in [6.07, 6.45) is 3.78. The molecule has 1 aliphatic rings. The molecule has 2 heterocycles. The molecule has 0 spiro atoms. The summed E-state index contributed by atoms with van der Waals surface area (Å²) in [6, 6.07) is 15.6. The number of furan rings is 1. The van der Waals surface area contributed by atoms with Crippen LogP contribution in [0.1, 0.15) is 35.2 Å². The predicted octanol–water partition coefficient (Wildman–Crippen LogP) is 5.47. The number of halogens is 1. The third kappa shape index (κ3) is 4.23. The number of carbonyl (C=O) groups excluding carboxylic acids is 1. The van der Waals surface area contributed by atoms with Crippen molar-refractivity contribution in [2.75, 3.05) is 26.2 Å². The van der Waals surface area contributed by atoms with Gasteiger partial charge in [0.1, 0.15) is 23.5 Å². The monoisotopic (exact) mass is 399 g/mol. The van der Waals surface area contributed by atoms with Crippen LogP contribution in [0.4, 0.5) is 0 Å². The van der Waals surface area contributed by atoms with Crippen molar-refractivity contribution in [3.05, 3.63) is 59.7 Å². The number of hydrogen-bond donors (Lipinski definition) is 0. The van der Waals surface area contributed by atoms with E-state index < -0.39 is 0 Å². The van der Waals surface area contributed by atoms with Crippen LogP contribution in [0.2, 0.25) is 0 Å². The second-order valence-electron chi connectivity index (χ2n) is 7.14. The summed E-state index contributed by atoms with van der Waals surface area (Å²) in [4.78, 5) is 15.0. The van der Waals surface area contributed by atoms with Crippen LogP contribution in [0.25, 0.3) is 22.3 Å². The number of nitrogens with zero attached hydrogens (tertiary/aromatic N) is 1. The van der Waals surface area contributed by atoms with Crippen molar-refractivity contribution in [3.63, 3.8) is 0 Å². The maximum Gasteiger partial charge on any atom is 0.342 e. The molecule has 0 radical (unpaired) electrons. The lowest BCUT2D eigenvalue weighted by atomic mass is 10.1. The number of benzene rings is 2. The maximum atomic E-state index is 12.7. The van der Waals surface area contributed by atoms with Gasteiger partial charge in [0.2, 0.25) is 0 Å². The summed E-state index contributed by atoms with van der Waals surface area (Å²) >= 11 is 0. The van der Waals surface area contributed by atoms with E-state index in [9.17, 15) is 4.79 Å². The Bertz CT molecular complexity index is 930. The van der Waals surface area contributed by atoms with Gasteiger partial charge in [-0.25, -0.2) is 4.79 Å². The highest BCUT2D eigenvalue weighted by atomic mass is 35.5. The van der Waals surface area contributed by atoms with Crippen LogP contribution in [-0.2, 0) is 4.74 Å². The number of ether oxygens (including phenoxy) is 1. The SMILES string of the molecule is Cc1c(-c2ccccc2)oc2c(C(=O)OCCN3CCCCC3)cccc12.Cl. The highest BCUT2D eigenvalue weighted by Crippen LogP contribution is 2.34. The third-order valence-electron chi connectivity index (χ3n) is 5.31. The lowest BCUT2D eigenvalue weighted by Crippen LogP contribution is -2.33. The molecule has 0 saturated carbocycles. The Labute approximate surface area is 171 Å². The van der Waals surface area contributed by atoms with Crippen LogP contribution in [-0.4, -0.2) is 37.1 Å². The molecular formula is C23H26ClNO3. The first kappa shape index (κ1) is 20.4. The molecular weight excluding hydrogens is 374 g/mol. The predicted molar refractivity (Wildman–Crippen MR) is 114 cm³/mol. The van der Waals surface area contributed by atoms with Crippen LogP contribution in [0.5, 0.6) is 0 Å². The van der Waals surface area contributed by atoms with Crippen molar-refractivity contribution in [1.82, 2.24) is 4.90 Å². The van der Waals surface area contributed by atoms with E-state index in [1.54, 1.807) is 6.07 Å². The minimum atomic E-state index is -0.314. The molecule has 0 aliphatic carbocycles. The number of fused-ring (bicyclic) bond motifs is 1. The van der Waals surface area contributed by atoms with E-state index in [4.69, 9.17) is 9.15 Å². The summed E-state index contributed by atoms with van der Waals surface area (Å²) in [6.45, 7) is 5.45. The molecule has 1 fully saturated rings. The standard InChI is InChI=1S/C23H25NO3.ClH/c1-17-19-11-8-12-20(22(19)27-21(17)18-9-4-2-5-10-18)23(25)26-16-15-24-13-6-3-7-14-24;/h2,4-5,8-12H,3,6-7,13-16H2,1H3;1H. The van der Waals surface area contributed by atoms with Gasteiger partial charge < -0.3 is 9.15 Å². The van der Waals surface area contributed by atoms with Crippen molar-refractivity contribution >= 4 is 29.3 Å². The average Bonchev–Trinajstić information content (AvgIpc) is 3.06. The van der Waals surface area contributed by atoms with Gasteiger partial charge in [-0.1, -0.05) is 48.9 Å². The highest BCUT2D eigenvalue weighted by Gasteiger charge is 2.20. The fraction of sp³-hybridized carbons (Fsp3) is 0.348. The lowest BCUT2D eigenvalue weighted by Gasteiger charge is -2.25. The zero-order valence-corrected chi connectivity index (χ0v) is 17.0. The minimum Gasteiger partial charge on any atom is -0.461 e. The second-order valence-corrected chi connectivity index (χ2v) is 7.14. The fourth-order valence-electron chi connectivity index (χ4n) is 3.80. The minimum absolute atomic E-state index is 0. The number of piperidine rings is 1. The van der Waals surface area contributed by atoms with E-state index in [-0.39, 0.29) is 18.4 Å². The van der Waals surface area contributed by atoms with E-state index in [2.05, 4.69) is 4.90 Å². The zero-order valence-electron chi connectivity index (χ0n) is 16.1. The first-order valence-electron chi connectivity index (χ1n) is 9.71. The summed E-state index contributed by atoms with van der Waals surface area (Å²) in [5.41, 5.74) is 3.16. The number of esters is 1. The molecule has 5 heteroatoms. The summed E-state index contributed by atoms with van der Waals surface area (Å²) in [7, 11) is 0. The largest absolute Gasteiger partial charge is 0.461 e. The molecule has 0 unspecified atom stereocenters. The van der Waals surface area contributed by atoms with Gasteiger partial charge in [0.25, 0.3) is 0 Å². The van der Waals surface area contributed by atoms with Crippen molar-refractivity contribution < 1.29 is 13.9 Å². The van der Waals surface area contributed by atoms with Crippen LogP contribution in [0.15, 0.2) is 52.9 Å². The Morgan fingerprint density at radius 3 is 2.54 bits per heavy atom. The smallest absolute Gasteiger partial charge is 0.342 e. The van der Waals surface area contributed by atoms with Crippen LogP contribution in [0.3, 0.4) is 0 Å². The number of hydrogen-bond acceptors (Lipinski definition) is 4. The topological polar surface area (TPSA) is 42.7 Å². The molecule has 0 atom stereocenters. The molecule has 3 aromatic rings. The van der Waals surface area contributed by atoms with E-state index in [1.165, 1.54) is 19.3 Å². The third-order valence-corrected chi connectivity index (χ3v) is 5.31. The van der Waals surface area contributed by atoms with Crippen LogP contribution >= 0.6 is 12.4 Å². The fourth-order valence-corrected chi connectivity index (χ4v) is 3.80. The molecule has 1 aromatic heterocycles. The number of aryl methyl sites for hydroxylation is 1. The molecule has 2 aromatic carbocycles. The van der Waals surface area contributed by atoms with Gasteiger partial charge in [0.15, 0.2) is 0 Å². The van der Waals surface area contributed by atoms with E-state index in [1.807, 2.05) is 49.4 Å². The van der Waals surface area contributed by atoms with Gasteiger partial charge in [-0.2, -0.15) is 0 Å². The van der Waals surface area contributed by atoms with Crippen LogP contribution < -0.4 is 0 Å². The average molecular weight is 400 g/mol. The Hall–Kier alpha value is -2.30. The summed E-state index contributed by atoms with van der Waals surface area (Å²) in [5, 5.41) is 0.958. The Balaban J connectivity index is 0.00000225. The molecule has 4 nitrogen and oxygen atoms in total. The Morgan fingerprint density at radius 2 is 1.79 bits per heavy atom. The second kappa shape index (κ2) is 9.26. The van der Waals surface area contributed by atoms with Gasteiger partial charge in [0.05, 0.1) is 0 Å². The number of rotatable bonds is 5. The number of para-hydroxylation sites is 1. The summed E-state index contributed by atoms with van der Waals surface area (Å²) in [5.74, 6) is 0.491. The number of likely N-dealkylation sites (tertiary alicyclic amines) is 1. The van der Waals surface area contributed by atoms with Gasteiger partial charge in [-0.15, -0.1) is 12.4 Å². The highest BCUT2D eigenvalue weighted by molar-refractivity contribution is 6.04. The van der Waals surface area contributed by atoms with Crippen molar-refractivity contribution in [2.24, 2.45) is 0 Å².